The molecule has 4 heteroatoms. The molecule has 1 aromatic rings. The molecule has 0 spiro atoms. The molecule has 1 aromatic carbocycles. The molecule has 16 heavy (non-hydrogen) atoms. The Hall–Kier alpha value is -1.55. The van der Waals surface area contributed by atoms with Gasteiger partial charge in [-0.2, -0.15) is 0 Å². The van der Waals surface area contributed by atoms with Gasteiger partial charge in [-0.15, -0.1) is 0 Å². The number of nitrogens with two attached hydrogens (primary N) is 1. The van der Waals surface area contributed by atoms with Crippen molar-refractivity contribution >= 4 is 17.3 Å². The molecular formula is C12H17N3O. The Morgan fingerprint density at radius 1 is 1.56 bits per heavy atom. The van der Waals surface area contributed by atoms with Crippen LogP contribution in [0.4, 0.5) is 11.4 Å². The fourth-order valence-electron chi connectivity index (χ4n) is 1.96. The number of anilines is 2. The number of carbonyl (C=O) groups is 1. The molecule has 0 saturated heterocycles. The molecule has 1 heterocycles. The Kier molecular flexibility index (Phi) is 3.10. The molecule has 0 aliphatic carbocycles. The zero-order valence-corrected chi connectivity index (χ0v) is 9.49. The zero-order valence-electron chi connectivity index (χ0n) is 9.49. The van der Waals surface area contributed by atoms with E-state index in [0.29, 0.717) is 0 Å². The lowest BCUT2D eigenvalue weighted by Gasteiger charge is -2.22. The second-order valence-corrected chi connectivity index (χ2v) is 4.05. The molecule has 4 nitrogen and oxygen atoms in total. The fraction of sp³-hybridized carbons (Fsp3) is 0.417. The topological polar surface area (TPSA) is 58.4 Å². The molecule has 0 fully saturated rings. The van der Waals surface area contributed by atoms with Crippen LogP contribution in [-0.4, -0.2) is 25.5 Å². The van der Waals surface area contributed by atoms with Crippen LogP contribution >= 0.6 is 0 Å². The summed E-state index contributed by atoms with van der Waals surface area (Å²) in [6, 6.07) is 6.09. The number of hydrogen-bond acceptors (Lipinski definition) is 3. The van der Waals surface area contributed by atoms with Crippen molar-refractivity contribution in [2.24, 2.45) is 5.73 Å². The summed E-state index contributed by atoms with van der Waals surface area (Å²) in [6.07, 6.45) is 0.944. The molecule has 0 saturated carbocycles. The molecule has 0 atom stereocenters. The number of benzene rings is 1. The van der Waals surface area contributed by atoms with E-state index in [4.69, 9.17) is 5.73 Å². The van der Waals surface area contributed by atoms with Crippen molar-refractivity contribution in [1.29, 1.82) is 0 Å². The monoisotopic (exact) mass is 219 g/mol. The zero-order chi connectivity index (χ0) is 11.5. The molecule has 0 unspecified atom stereocenters. The lowest BCUT2D eigenvalue weighted by molar-refractivity contribution is -0.117. The van der Waals surface area contributed by atoms with Gasteiger partial charge >= 0.3 is 0 Å². The van der Waals surface area contributed by atoms with E-state index in [-0.39, 0.29) is 12.5 Å². The first-order chi connectivity index (χ1) is 7.72. The first-order valence-electron chi connectivity index (χ1n) is 5.57. The maximum Gasteiger partial charge on any atom is 0.240 e. The second kappa shape index (κ2) is 4.53. The molecule has 1 aliphatic heterocycles. The quantitative estimate of drug-likeness (QED) is 0.743. The lowest BCUT2D eigenvalue weighted by atomic mass is 10.1. The highest BCUT2D eigenvalue weighted by atomic mass is 16.2. The summed E-state index contributed by atoms with van der Waals surface area (Å²) in [5.41, 5.74) is 8.56. The number of amides is 1. The third kappa shape index (κ3) is 2.02. The highest BCUT2D eigenvalue weighted by molar-refractivity contribution is 5.98. The van der Waals surface area contributed by atoms with Crippen LogP contribution in [0.3, 0.4) is 0 Å². The summed E-state index contributed by atoms with van der Waals surface area (Å²) in [5.74, 6) is -0.0180. The summed E-state index contributed by atoms with van der Waals surface area (Å²) < 4.78 is 0. The van der Waals surface area contributed by atoms with Gasteiger partial charge in [0.1, 0.15) is 0 Å². The van der Waals surface area contributed by atoms with Crippen molar-refractivity contribution < 1.29 is 4.79 Å². The third-order valence-corrected chi connectivity index (χ3v) is 2.79. The van der Waals surface area contributed by atoms with Gasteiger partial charge in [0.25, 0.3) is 0 Å². The average molecular weight is 219 g/mol. The van der Waals surface area contributed by atoms with E-state index >= 15 is 0 Å². The molecule has 3 N–H and O–H groups in total. The van der Waals surface area contributed by atoms with Crippen molar-refractivity contribution in [3.63, 3.8) is 0 Å². The second-order valence-electron chi connectivity index (χ2n) is 4.05. The average Bonchev–Trinajstić information content (AvgIpc) is 2.50. The number of carbonyl (C=O) groups excluding carboxylic acids is 1. The number of nitrogens with zero attached hydrogens (tertiary/aromatic N) is 1. The molecule has 1 amide bonds. The van der Waals surface area contributed by atoms with Gasteiger partial charge in [-0.25, -0.2) is 0 Å². The predicted molar refractivity (Wildman–Crippen MR) is 65.7 cm³/mol. The largest absolute Gasteiger partial charge is 0.383 e. The highest BCUT2D eigenvalue weighted by Crippen LogP contribution is 2.29. The predicted octanol–water partition coefficient (Wildman–Crippen LogP) is 1.10. The summed E-state index contributed by atoms with van der Waals surface area (Å²) in [5, 5.41) is 3.33. The Balaban J connectivity index is 2.42. The number of hydrogen-bond donors (Lipinski definition) is 2. The van der Waals surface area contributed by atoms with Crippen molar-refractivity contribution in [2.75, 3.05) is 29.9 Å². The Morgan fingerprint density at radius 2 is 2.38 bits per heavy atom. The first-order valence-corrected chi connectivity index (χ1v) is 5.57. The maximum atomic E-state index is 11.8. The van der Waals surface area contributed by atoms with Crippen LogP contribution in [0.5, 0.6) is 0 Å². The number of nitrogens with one attached hydrogen (secondary N) is 1. The van der Waals surface area contributed by atoms with E-state index in [9.17, 15) is 4.79 Å². The van der Waals surface area contributed by atoms with Crippen LogP contribution in [0.25, 0.3) is 0 Å². The minimum Gasteiger partial charge on any atom is -0.383 e. The lowest BCUT2D eigenvalue weighted by Crippen LogP contribution is -2.36. The van der Waals surface area contributed by atoms with Gasteiger partial charge in [-0.05, 0) is 31.0 Å². The summed E-state index contributed by atoms with van der Waals surface area (Å²) >= 11 is 0. The van der Waals surface area contributed by atoms with Gasteiger partial charge in [-0.3, -0.25) is 4.79 Å². The van der Waals surface area contributed by atoms with Gasteiger partial charge in [-0.1, -0.05) is 6.07 Å². The minimum atomic E-state index is -0.0180. The van der Waals surface area contributed by atoms with Crippen LogP contribution in [0.15, 0.2) is 18.2 Å². The van der Waals surface area contributed by atoms with E-state index in [2.05, 4.69) is 5.32 Å². The Morgan fingerprint density at radius 3 is 3.12 bits per heavy atom. The smallest absolute Gasteiger partial charge is 0.240 e. The molecular weight excluding hydrogens is 202 g/mol. The standard InChI is InChI=1S/C12H17N3O/c1-9-3-4-10-11(7-9)15(12(16)8-13)6-2-5-14-10/h3-4,7,14H,2,5-6,8,13H2,1H3. The van der Waals surface area contributed by atoms with Gasteiger partial charge < -0.3 is 16.0 Å². The first kappa shape index (κ1) is 11.0. The van der Waals surface area contributed by atoms with E-state index < -0.39 is 0 Å². The summed E-state index contributed by atoms with van der Waals surface area (Å²) in [7, 11) is 0. The Labute approximate surface area is 95.4 Å². The van der Waals surface area contributed by atoms with Crippen LogP contribution in [0.1, 0.15) is 12.0 Å². The molecule has 0 radical (unpaired) electrons. The Bertz CT molecular complexity index is 403. The van der Waals surface area contributed by atoms with Crippen LogP contribution in [0, 0.1) is 6.92 Å². The van der Waals surface area contributed by atoms with E-state index in [1.807, 2.05) is 25.1 Å². The van der Waals surface area contributed by atoms with E-state index in [1.54, 1.807) is 4.90 Å². The molecule has 0 aromatic heterocycles. The van der Waals surface area contributed by atoms with Gasteiger partial charge in [0.2, 0.25) is 5.91 Å². The number of fused-ring (bicyclic) bond motifs is 1. The number of aryl methyl sites for hydroxylation is 1. The molecule has 2 rings (SSSR count). The van der Waals surface area contributed by atoms with Crippen LogP contribution < -0.4 is 16.0 Å². The van der Waals surface area contributed by atoms with E-state index in [0.717, 1.165) is 36.4 Å². The molecule has 86 valence electrons. The van der Waals surface area contributed by atoms with Gasteiger partial charge in [0, 0.05) is 13.1 Å². The summed E-state index contributed by atoms with van der Waals surface area (Å²) in [4.78, 5) is 13.5. The van der Waals surface area contributed by atoms with Crippen molar-refractivity contribution in [2.45, 2.75) is 13.3 Å². The van der Waals surface area contributed by atoms with Crippen molar-refractivity contribution in [1.82, 2.24) is 0 Å². The van der Waals surface area contributed by atoms with Crippen LogP contribution in [-0.2, 0) is 4.79 Å². The third-order valence-electron chi connectivity index (χ3n) is 2.79. The minimum absolute atomic E-state index is 0.0180. The van der Waals surface area contributed by atoms with E-state index in [1.165, 1.54) is 0 Å². The van der Waals surface area contributed by atoms with Gasteiger partial charge in [0.05, 0.1) is 17.9 Å². The van der Waals surface area contributed by atoms with Gasteiger partial charge in [0.15, 0.2) is 0 Å². The van der Waals surface area contributed by atoms with Crippen molar-refractivity contribution in [3.05, 3.63) is 23.8 Å². The fourth-order valence-corrected chi connectivity index (χ4v) is 1.96. The highest BCUT2D eigenvalue weighted by Gasteiger charge is 2.19. The van der Waals surface area contributed by atoms with Crippen LogP contribution in [0.2, 0.25) is 0 Å². The normalized spacial score (nSPS) is 15.0. The maximum absolute atomic E-state index is 11.8. The molecule has 1 aliphatic rings. The SMILES string of the molecule is Cc1ccc2c(c1)N(C(=O)CN)CCCN2. The van der Waals surface area contributed by atoms with Crippen molar-refractivity contribution in [3.8, 4) is 0 Å². The molecule has 0 bridgehead atoms. The summed E-state index contributed by atoms with van der Waals surface area (Å²) in [6.45, 7) is 3.72. The number of rotatable bonds is 1.